The van der Waals surface area contributed by atoms with E-state index in [0.29, 0.717) is 5.56 Å². The van der Waals surface area contributed by atoms with E-state index in [4.69, 9.17) is 16.7 Å². The van der Waals surface area contributed by atoms with Gasteiger partial charge < -0.3 is 5.11 Å². The first-order valence-electron chi connectivity index (χ1n) is 5.11. The second-order valence-corrected chi connectivity index (χ2v) is 5.85. The molecule has 1 aromatic rings. The van der Waals surface area contributed by atoms with Gasteiger partial charge in [-0.3, -0.25) is 0 Å². The summed E-state index contributed by atoms with van der Waals surface area (Å²) < 4.78 is 60.9. The van der Waals surface area contributed by atoms with Gasteiger partial charge in [-0.2, -0.15) is 13.2 Å². The maximum absolute atomic E-state index is 11.9. The fourth-order valence-electron chi connectivity index (χ4n) is 1.23. The number of alkyl halides is 3. The van der Waals surface area contributed by atoms with Crippen LogP contribution in [0.2, 0.25) is 5.02 Å². The van der Waals surface area contributed by atoms with Crippen LogP contribution in [0.25, 0.3) is 0 Å². The first kappa shape index (κ1) is 16.2. The highest BCUT2D eigenvalue weighted by Gasteiger charge is 2.27. The van der Waals surface area contributed by atoms with Gasteiger partial charge in [0.1, 0.15) is 0 Å². The lowest BCUT2D eigenvalue weighted by Gasteiger charge is -2.10. The van der Waals surface area contributed by atoms with Crippen molar-refractivity contribution in [2.75, 3.05) is 6.54 Å². The summed E-state index contributed by atoms with van der Waals surface area (Å²) in [5, 5.41) is 8.90. The van der Waals surface area contributed by atoms with Crippen LogP contribution < -0.4 is 4.72 Å². The quantitative estimate of drug-likeness (QED) is 0.873. The number of rotatable bonds is 5. The number of aliphatic hydroxyl groups excluding tert-OH is 1. The average molecular weight is 318 g/mol. The van der Waals surface area contributed by atoms with E-state index in [2.05, 4.69) is 0 Å². The molecule has 19 heavy (non-hydrogen) atoms. The molecule has 1 rings (SSSR count). The van der Waals surface area contributed by atoms with Crippen molar-refractivity contribution >= 4 is 21.6 Å². The zero-order valence-corrected chi connectivity index (χ0v) is 11.1. The standard InChI is InChI=1S/C10H11ClF3NO3S/c11-9-5-8(2-1-7(9)6-16)19(17,18)15-4-3-10(12,13)14/h1-2,5,15-16H,3-4,6H2. The third-order valence-corrected chi connectivity index (χ3v) is 4.02. The van der Waals surface area contributed by atoms with Gasteiger partial charge in [-0.15, -0.1) is 0 Å². The average Bonchev–Trinajstić information content (AvgIpc) is 2.26. The molecule has 0 unspecified atom stereocenters. The first-order valence-corrected chi connectivity index (χ1v) is 6.97. The molecule has 4 nitrogen and oxygen atoms in total. The van der Waals surface area contributed by atoms with Crippen LogP contribution >= 0.6 is 11.6 Å². The van der Waals surface area contributed by atoms with E-state index in [1.54, 1.807) is 0 Å². The van der Waals surface area contributed by atoms with Gasteiger partial charge in [-0.1, -0.05) is 17.7 Å². The number of sulfonamides is 1. The molecule has 0 heterocycles. The van der Waals surface area contributed by atoms with Crippen LogP contribution in [0.5, 0.6) is 0 Å². The Morgan fingerprint density at radius 2 is 1.95 bits per heavy atom. The Morgan fingerprint density at radius 3 is 2.42 bits per heavy atom. The minimum atomic E-state index is -4.43. The van der Waals surface area contributed by atoms with Crippen molar-refractivity contribution in [2.45, 2.75) is 24.1 Å². The third kappa shape index (κ3) is 4.98. The summed E-state index contributed by atoms with van der Waals surface area (Å²) in [5.74, 6) is 0. The molecule has 0 bridgehead atoms. The fourth-order valence-corrected chi connectivity index (χ4v) is 2.60. The predicted molar refractivity (Wildman–Crippen MR) is 63.2 cm³/mol. The highest BCUT2D eigenvalue weighted by atomic mass is 35.5. The molecule has 0 radical (unpaired) electrons. The largest absolute Gasteiger partial charge is 0.392 e. The molecule has 0 saturated heterocycles. The molecule has 9 heteroatoms. The number of halogens is 4. The lowest BCUT2D eigenvalue weighted by molar-refractivity contribution is -0.132. The number of aliphatic hydroxyl groups is 1. The van der Waals surface area contributed by atoms with Gasteiger partial charge in [0.2, 0.25) is 10.0 Å². The van der Waals surface area contributed by atoms with Crippen molar-refractivity contribution in [3.05, 3.63) is 28.8 Å². The van der Waals surface area contributed by atoms with Crippen molar-refractivity contribution in [1.82, 2.24) is 4.72 Å². The monoisotopic (exact) mass is 317 g/mol. The second-order valence-electron chi connectivity index (χ2n) is 3.67. The molecule has 0 aliphatic rings. The highest BCUT2D eigenvalue weighted by Crippen LogP contribution is 2.22. The van der Waals surface area contributed by atoms with Crippen molar-refractivity contribution in [2.24, 2.45) is 0 Å². The lowest BCUT2D eigenvalue weighted by Crippen LogP contribution is -2.28. The van der Waals surface area contributed by atoms with Crippen LogP contribution in [0.3, 0.4) is 0 Å². The SMILES string of the molecule is O=S(=O)(NCCC(F)(F)F)c1ccc(CO)c(Cl)c1. The van der Waals surface area contributed by atoms with E-state index in [9.17, 15) is 21.6 Å². The second kappa shape index (κ2) is 6.08. The van der Waals surface area contributed by atoms with E-state index < -0.39 is 29.2 Å². The Kier molecular flexibility index (Phi) is 5.19. The summed E-state index contributed by atoms with van der Waals surface area (Å²) in [7, 11) is -4.05. The Labute approximate surface area is 113 Å². The van der Waals surface area contributed by atoms with E-state index in [0.717, 1.165) is 12.1 Å². The summed E-state index contributed by atoms with van der Waals surface area (Å²) in [4.78, 5) is -0.253. The first-order chi connectivity index (χ1) is 8.65. The Bertz CT molecular complexity index is 545. The molecule has 1 aromatic carbocycles. The molecular formula is C10H11ClF3NO3S. The fraction of sp³-hybridized carbons (Fsp3) is 0.400. The molecule has 0 aliphatic carbocycles. The van der Waals surface area contributed by atoms with Crippen LogP contribution in [0, 0.1) is 0 Å². The molecule has 0 saturated carbocycles. The Hall–Kier alpha value is -0.830. The van der Waals surface area contributed by atoms with Crippen LogP contribution in [0.1, 0.15) is 12.0 Å². The smallest absolute Gasteiger partial charge is 0.390 e. The van der Waals surface area contributed by atoms with Gasteiger partial charge >= 0.3 is 6.18 Å². The summed E-state index contributed by atoms with van der Waals surface area (Å²) in [6, 6.07) is 3.52. The zero-order valence-electron chi connectivity index (χ0n) is 9.54. The Balaban J connectivity index is 2.80. The number of benzene rings is 1. The molecule has 0 aromatic heterocycles. The van der Waals surface area contributed by atoms with Crippen molar-refractivity contribution in [1.29, 1.82) is 0 Å². The molecule has 0 fully saturated rings. The van der Waals surface area contributed by atoms with Crippen LogP contribution in [0.4, 0.5) is 13.2 Å². The van der Waals surface area contributed by atoms with E-state index in [1.165, 1.54) is 6.07 Å². The van der Waals surface area contributed by atoms with Crippen molar-refractivity contribution in [3.63, 3.8) is 0 Å². The van der Waals surface area contributed by atoms with Gasteiger partial charge in [0, 0.05) is 11.6 Å². The van der Waals surface area contributed by atoms with Crippen molar-refractivity contribution < 1.29 is 26.7 Å². The van der Waals surface area contributed by atoms with Gasteiger partial charge in [-0.25, -0.2) is 13.1 Å². The summed E-state index contributed by atoms with van der Waals surface area (Å²) in [5.41, 5.74) is 0.330. The minimum Gasteiger partial charge on any atom is -0.392 e. The summed E-state index contributed by atoms with van der Waals surface area (Å²) in [6.07, 6.45) is -5.68. The minimum absolute atomic E-state index is 0.0289. The molecular weight excluding hydrogens is 307 g/mol. The van der Waals surface area contributed by atoms with Crippen molar-refractivity contribution in [3.8, 4) is 0 Å². The molecule has 2 N–H and O–H groups in total. The normalized spacial score (nSPS) is 12.7. The van der Waals surface area contributed by atoms with Crippen LogP contribution in [-0.4, -0.2) is 26.2 Å². The highest BCUT2D eigenvalue weighted by molar-refractivity contribution is 7.89. The molecule has 0 spiro atoms. The van der Waals surface area contributed by atoms with Crippen LogP contribution in [0.15, 0.2) is 23.1 Å². The third-order valence-electron chi connectivity index (χ3n) is 2.21. The molecule has 0 aliphatic heterocycles. The van der Waals surface area contributed by atoms with Crippen LogP contribution in [-0.2, 0) is 16.6 Å². The molecule has 0 amide bonds. The lowest BCUT2D eigenvalue weighted by atomic mass is 10.2. The van der Waals surface area contributed by atoms with Gasteiger partial charge in [0.15, 0.2) is 0 Å². The van der Waals surface area contributed by atoms with E-state index in [1.807, 2.05) is 4.72 Å². The topological polar surface area (TPSA) is 66.4 Å². The zero-order chi connectivity index (χ0) is 14.7. The van der Waals surface area contributed by atoms with Gasteiger partial charge in [0.25, 0.3) is 0 Å². The number of nitrogens with one attached hydrogen (secondary N) is 1. The molecule has 0 atom stereocenters. The Morgan fingerprint density at radius 1 is 1.32 bits per heavy atom. The predicted octanol–water partition coefficient (Wildman–Crippen LogP) is 2.06. The summed E-state index contributed by atoms with van der Waals surface area (Å²) >= 11 is 5.71. The van der Waals surface area contributed by atoms with E-state index in [-0.39, 0.29) is 16.5 Å². The maximum atomic E-state index is 11.9. The summed E-state index contributed by atoms with van der Waals surface area (Å²) in [6.45, 7) is -1.11. The molecule has 108 valence electrons. The van der Waals surface area contributed by atoms with Gasteiger partial charge in [-0.05, 0) is 17.7 Å². The number of hydrogen-bond acceptors (Lipinski definition) is 3. The van der Waals surface area contributed by atoms with Gasteiger partial charge in [0.05, 0.1) is 17.9 Å². The number of hydrogen-bond donors (Lipinski definition) is 2. The maximum Gasteiger partial charge on any atom is 0.390 e. The van der Waals surface area contributed by atoms with E-state index >= 15 is 0 Å².